The molecule has 0 spiro atoms. The zero-order chi connectivity index (χ0) is 12.1. The van der Waals surface area contributed by atoms with Gasteiger partial charge in [-0.15, -0.1) is 0 Å². The van der Waals surface area contributed by atoms with E-state index in [0.717, 1.165) is 22.8 Å². The Morgan fingerprint density at radius 1 is 1.18 bits per heavy atom. The monoisotopic (exact) mass is 246 g/mol. The molecule has 1 aromatic heterocycles. The normalized spacial score (nSPS) is 12.4. The Morgan fingerprint density at radius 3 is 2.59 bits per heavy atom. The number of aromatic nitrogens is 1. The second-order valence-corrected chi connectivity index (χ2v) is 4.17. The van der Waals surface area contributed by atoms with Gasteiger partial charge in [-0.05, 0) is 30.3 Å². The smallest absolute Gasteiger partial charge is 0.0765 e. The molecule has 0 aliphatic carbocycles. The van der Waals surface area contributed by atoms with Crippen LogP contribution >= 0.6 is 11.6 Å². The predicted molar refractivity (Wildman–Crippen MR) is 71.2 cm³/mol. The van der Waals surface area contributed by atoms with Gasteiger partial charge in [0.05, 0.1) is 11.7 Å². The van der Waals surface area contributed by atoms with Crippen molar-refractivity contribution in [2.75, 3.05) is 6.54 Å². The van der Waals surface area contributed by atoms with Crippen molar-refractivity contribution in [3.05, 3.63) is 64.9 Å². The number of hydrogen-bond acceptors (Lipinski definition) is 2. The van der Waals surface area contributed by atoms with Gasteiger partial charge in [-0.3, -0.25) is 4.98 Å². The Balaban J connectivity index is 2.39. The van der Waals surface area contributed by atoms with Crippen LogP contribution in [0.4, 0.5) is 0 Å². The van der Waals surface area contributed by atoms with E-state index in [0.29, 0.717) is 0 Å². The van der Waals surface area contributed by atoms with Crippen molar-refractivity contribution in [1.82, 2.24) is 10.3 Å². The Kier molecular flexibility index (Phi) is 4.13. The van der Waals surface area contributed by atoms with Gasteiger partial charge >= 0.3 is 0 Å². The Labute approximate surface area is 107 Å². The molecule has 1 N–H and O–H groups in total. The van der Waals surface area contributed by atoms with E-state index in [1.54, 1.807) is 6.20 Å². The molecule has 88 valence electrons. The molecule has 2 aromatic rings. The third-order valence-corrected chi connectivity index (χ3v) is 2.95. The van der Waals surface area contributed by atoms with E-state index < -0.39 is 0 Å². The molecule has 2 nitrogen and oxygen atoms in total. The number of nitrogens with zero attached hydrogens (tertiary/aromatic N) is 1. The third-order valence-electron chi connectivity index (χ3n) is 2.61. The standard InChI is InChI=1S/C14H15ClN2/c1-2-16-14(13-9-5-6-10-17-13)11-7-3-4-8-12(11)15/h3-10,14,16H,2H2,1H3. The molecule has 0 amide bonds. The van der Waals surface area contributed by atoms with E-state index in [1.807, 2.05) is 42.5 Å². The number of hydrogen-bond donors (Lipinski definition) is 1. The number of benzene rings is 1. The van der Waals surface area contributed by atoms with Gasteiger partial charge in [0.25, 0.3) is 0 Å². The van der Waals surface area contributed by atoms with Crippen molar-refractivity contribution in [2.45, 2.75) is 13.0 Å². The number of halogens is 1. The van der Waals surface area contributed by atoms with Crippen LogP contribution in [0.15, 0.2) is 48.7 Å². The van der Waals surface area contributed by atoms with Crippen LogP contribution in [0.5, 0.6) is 0 Å². The van der Waals surface area contributed by atoms with E-state index in [9.17, 15) is 0 Å². The second kappa shape index (κ2) is 5.80. The lowest BCUT2D eigenvalue weighted by Gasteiger charge is -2.18. The van der Waals surface area contributed by atoms with E-state index in [4.69, 9.17) is 11.6 Å². The highest BCUT2D eigenvalue weighted by Crippen LogP contribution is 2.26. The first kappa shape index (κ1) is 12.1. The largest absolute Gasteiger partial charge is 0.305 e. The lowest BCUT2D eigenvalue weighted by Crippen LogP contribution is -2.23. The van der Waals surface area contributed by atoms with Crippen molar-refractivity contribution >= 4 is 11.6 Å². The predicted octanol–water partition coefficient (Wildman–Crippen LogP) is 3.43. The van der Waals surface area contributed by atoms with Crippen molar-refractivity contribution in [1.29, 1.82) is 0 Å². The molecule has 17 heavy (non-hydrogen) atoms. The summed E-state index contributed by atoms with van der Waals surface area (Å²) in [5, 5.41) is 4.18. The van der Waals surface area contributed by atoms with Crippen LogP contribution in [0.3, 0.4) is 0 Å². The Bertz CT molecular complexity index is 471. The van der Waals surface area contributed by atoms with Gasteiger partial charge in [0.15, 0.2) is 0 Å². The number of nitrogens with one attached hydrogen (secondary N) is 1. The van der Waals surface area contributed by atoms with Gasteiger partial charge in [0.1, 0.15) is 0 Å². The summed E-state index contributed by atoms with van der Waals surface area (Å²) in [5.74, 6) is 0. The number of rotatable bonds is 4. The van der Waals surface area contributed by atoms with Crippen molar-refractivity contribution in [3.8, 4) is 0 Å². The van der Waals surface area contributed by atoms with Crippen molar-refractivity contribution < 1.29 is 0 Å². The highest BCUT2D eigenvalue weighted by molar-refractivity contribution is 6.31. The van der Waals surface area contributed by atoms with Gasteiger partial charge in [-0.2, -0.15) is 0 Å². The molecule has 3 heteroatoms. The van der Waals surface area contributed by atoms with E-state index in [1.165, 1.54) is 0 Å². The van der Waals surface area contributed by atoms with Gasteiger partial charge in [-0.1, -0.05) is 42.8 Å². The van der Waals surface area contributed by atoms with Gasteiger partial charge < -0.3 is 5.32 Å². The fourth-order valence-electron chi connectivity index (χ4n) is 1.83. The molecule has 1 atom stereocenters. The number of pyridine rings is 1. The van der Waals surface area contributed by atoms with Crippen molar-refractivity contribution in [3.63, 3.8) is 0 Å². The first-order valence-corrected chi connectivity index (χ1v) is 6.09. The van der Waals surface area contributed by atoms with Crippen LogP contribution < -0.4 is 5.32 Å². The minimum atomic E-state index is 0.0508. The zero-order valence-electron chi connectivity index (χ0n) is 9.73. The zero-order valence-corrected chi connectivity index (χ0v) is 10.5. The fraction of sp³-hybridized carbons (Fsp3) is 0.214. The summed E-state index contributed by atoms with van der Waals surface area (Å²) in [4.78, 5) is 4.39. The van der Waals surface area contributed by atoms with E-state index in [-0.39, 0.29) is 6.04 Å². The quantitative estimate of drug-likeness (QED) is 0.894. The minimum absolute atomic E-state index is 0.0508. The maximum absolute atomic E-state index is 6.24. The SMILES string of the molecule is CCNC(c1ccccn1)c1ccccc1Cl. The van der Waals surface area contributed by atoms with Crippen LogP contribution in [0.25, 0.3) is 0 Å². The Morgan fingerprint density at radius 2 is 1.94 bits per heavy atom. The van der Waals surface area contributed by atoms with Crippen LogP contribution in [-0.4, -0.2) is 11.5 Å². The van der Waals surface area contributed by atoms with E-state index >= 15 is 0 Å². The minimum Gasteiger partial charge on any atom is -0.305 e. The van der Waals surface area contributed by atoms with Crippen LogP contribution in [0, 0.1) is 0 Å². The highest BCUT2D eigenvalue weighted by atomic mass is 35.5. The van der Waals surface area contributed by atoms with Crippen molar-refractivity contribution in [2.24, 2.45) is 0 Å². The van der Waals surface area contributed by atoms with Gasteiger partial charge in [-0.25, -0.2) is 0 Å². The molecule has 2 rings (SSSR count). The molecule has 0 saturated heterocycles. The molecule has 0 radical (unpaired) electrons. The first-order valence-electron chi connectivity index (χ1n) is 5.71. The topological polar surface area (TPSA) is 24.9 Å². The molecule has 1 unspecified atom stereocenters. The lowest BCUT2D eigenvalue weighted by molar-refractivity contribution is 0.616. The summed E-state index contributed by atoms with van der Waals surface area (Å²) >= 11 is 6.24. The second-order valence-electron chi connectivity index (χ2n) is 3.77. The summed E-state index contributed by atoms with van der Waals surface area (Å²) < 4.78 is 0. The summed E-state index contributed by atoms with van der Waals surface area (Å²) in [6.45, 7) is 2.94. The molecule has 0 aliphatic rings. The molecule has 0 saturated carbocycles. The average Bonchev–Trinajstić information content (AvgIpc) is 2.38. The fourth-order valence-corrected chi connectivity index (χ4v) is 2.08. The molecule has 0 fully saturated rings. The van der Waals surface area contributed by atoms with Gasteiger partial charge in [0, 0.05) is 11.2 Å². The molecular formula is C14H15ClN2. The van der Waals surface area contributed by atoms with Crippen LogP contribution in [-0.2, 0) is 0 Å². The third kappa shape index (κ3) is 2.84. The highest BCUT2D eigenvalue weighted by Gasteiger charge is 2.16. The lowest BCUT2D eigenvalue weighted by atomic mass is 10.0. The van der Waals surface area contributed by atoms with E-state index in [2.05, 4.69) is 17.2 Å². The summed E-state index contributed by atoms with van der Waals surface area (Å²) in [6, 6.07) is 13.8. The van der Waals surface area contributed by atoms with Crippen LogP contribution in [0.1, 0.15) is 24.2 Å². The summed E-state index contributed by atoms with van der Waals surface area (Å²) in [7, 11) is 0. The van der Waals surface area contributed by atoms with Gasteiger partial charge in [0.2, 0.25) is 0 Å². The Hall–Kier alpha value is -1.38. The molecule has 1 heterocycles. The molecular weight excluding hydrogens is 232 g/mol. The first-order chi connectivity index (χ1) is 8.33. The maximum Gasteiger partial charge on any atom is 0.0765 e. The average molecular weight is 247 g/mol. The molecule has 0 bridgehead atoms. The summed E-state index contributed by atoms with van der Waals surface area (Å²) in [6.07, 6.45) is 1.80. The summed E-state index contributed by atoms with van der Waals surface area (Å²) in [5.41, 5.74) is 2.05. The molecule has 0 aliphatic heterocycles. The van der Waals surface area contributed by atoms with Crippen LogP contribution in [0.2, 0.25) is 5.02 Å². The molecule has 1 aromatic carbocycles. The maximum atomic E-state index is 6.24.